The topological polar surface area (TPSA) is 41.6 Å². The molecule has 0 bridgehead atoms. The van der Waals surface area contributed by atoms with Gasteiger partial charge in [0, 0.05) is 13.1 Å². The molecule has 2 rings (SSSR count). The predicted molar refractivity (Wildman–Crippen MR) is 72.1 cm³/mol. The van der Waals surface area contributed by atoms with Crippen LogP contribution in [0.2, 0.25) is 0 Å². The van der Waals surface area contributed by atoms with Crippen molar-refractivity contribution >= 4 is 11.7 Å². The smallest absolute Gasteiger partial charge is 0.321 e. The van der Waals surface area contributed by atoms with Crippen LogP contribution in [0.15, 0.2) is 24.3 Å². The molecule has 1 fully saturated rings. The largest absolute Gasteiger partial charge is 0.491 e. The molecule has 0 aromatic heterocycles. The number of benzene rings is 1. The number of hydrogen-bond acceptors (Lipinski definition) is 2. The number of carbonyl (C=O) groups is 1. The molecule has 1 aliphatic rings. The van der Waals surface area contributed by atoms with Crippen LogP contribution < -0.4 is 10.1 Å². The molecule has 0 unspecified atom stereocenters. The van der Waals surface area contributed by atoms with Crippen molar-refractivity contribution in [2.24, 2.45) is 0 Å². The van der Waals surface area contributed by atoms with E-state index < -0.39 is 0 Å². The highest BCUT2D eigenvalue weighted by Gasteiger charge is 2.18. The molecule has 1 N–H and O–H groups in total. The maximum absolute atomic E-state index is 12.0. The number of nitrogens with one attached hydrogen (secondary N) is 1. The molecule has 1 heterocycles. The van der Waals surface area contributed by atoms with Gasteiger partial charge in [-0.15, -0.1) is 0 Å². The van der Waals surface area contributed by atoms with Crippen LogP contribution in [-0.4, -0.2) is 30.6 Å². The van der Waals surface area contributed by atoms with E-state index in [0.29, 0.717) is 6.61 Å². The minimum absolute atomic E-state index is 0.0277. The van der Waals surface area contributed by atoms with Crippen molar-refractivity contribution in [1.29, 1.82) is 0 Å². The number of urea groups is 1. The lowest BCUT2D eigenvalue weighted by Gasteiger charge is -2.18. The lowest BCUT2D eigenvalue weighted by atomic mass is 10.3. The molecule has 0 atom stereocenters. The highest BCUT2D eigenvalue weighted by molar-refractivity contribution is 5.91. The summed E-state index contributed by atoms with van der Waals surface area (Å²) in [6.07, 6.45) is 3.15. The molecule has 0 saturated carbocycles. The highest BCUT2D eigenvalue weighted by atomic mass is 16.5. The van der Waals surface area contributed by atoms with Gasteiger partial charge in [-0.05, 0) is 31.4 Å². The third-order valence-corrected chi connectivity index (χ3v) is 2.98. The zero-order valence-corrected chi connectivity index (χ0v) is 10.8. The first-order valence-electron chi connectivity index (χ1n) is 6.59. The van der Waals surface area contributed by atoms with Crippen molar-refractivity contribution in [3.8, 4) is 5.75 Å². The van der Waals surface area contributed by atoms with Crippen LogP contribution in [0.4, 0.5) is 10.5 Å². The van der Waals surface area contributed by atoms with Crippen molar-refractivity contribution in [3.05, 3.63) is 24.3 Å². The molecule has 1 aromatic carbocycles. The van der Waals surface area contributed by atoms with E-state index in [2.05, 4.69) is 12.2 Å². The van der Waals surface area contributed by atoms with Gasteiger partial charge in [0.25, 0.3) is 0 Å². The van der Waals surface area contributed by atoms with Gasteiger partial charge in [-0.2, -0.15) is 0 Å². The standard InChI is InChI=1S/C14H20N2O2/c1-2-11-18-13-8-4-3-7-12(13)15-14(17)16-9-5-6-10-16/h3-4,7-8H,2,5-6,9-11H2,1H3,(H,15,17). The van der Waals surface area contributed by atoms with E-state index in [-0.39, 0.29) is 6.03 Å². The molecule has 0 aliphatic carbocycles. The van der Waals surface area contributed by atoms with Gasteiger partial charge in [-0.25, -0.2) is 4.79 Å². The number of hydrogen-bond donors (Lipinski definition) is 1. The molecular weight excluding hydrogens is 228 g/mol. The van der Waals surface area contributed by atoms with Crippen LogP contribution in [0.3, 0.4) is 0 Å². The fraction of sp³-hybridized carbons (Fsp3) is 0.500. The number of likely N-dealkylation sites (tertiary alicyclic amines) is 1. The molecule has 1 aliphatic heterocycles. The fourth-order valence-electron chi connectivity index (χ4n) is 2.02. The molecule has 18 heavy (non-hydrogen) atoms. The Bertz CT molecular complexity index is 401. The molecule has 4 nitrogen and oxygen atoms in total. The average Bonchev–Trinajstić information content (AvgIpc) is 2.91. The SMILES string of the molecule is CCCOc1ccccc1NC(=O)N1CCCC1. The summed E-state index contributed by atoms with van der Waals surface area (Å²) >= 11 is 0. The first-order valence-corrected chi connectivity index (χ1v) is 6.59. The van der Waals surface area contributed by atoms with Gasteiger partial charge in [0.1, 0.15) is 5.75 Å². The summed E-state index contributed by atoms with van der Waals surface area (Å²) in [6.45, 7) is 4.43. The maximum Gasteiger partial charge on any atom is 0.321 e. The van der Waals surface area contributed by atoms with Crippen LogP contribution >= 0.6 is 0 Å². The summed E-state index contributed by atoms with van der Waals surface area (Å²) in [4.78, 5) is 13.8. The van der Waals surface area contributed by atoms with Gasteiger partial charge in [-0.1, -0.05) is 19.1 Å². The number of carbonyl (C=O) groups excluding carboxylic acids is 1. The van der Waals surface area contributed by atoms with Crippen LogP contribution in [0, 0.1) is 0 Å². The summed E-state index contributed by atoms with van der Waals surface area (Å²) in [5, 5.41) is 2.92. The highest BCUT2D eigenvalue weighted by Crippen LogP contribution is 2.24. The average molecular weight is 248 g/mol. The van der Waals surface area contributed by atoms with E-state index in [0.717, 1.165) is 43.8 Å². The Balaban J connectivity index is 2.00. The zero-order valence-electron chi connectivity index (χ0n) is 10.8. The van der Waals surface area contributed by atoms with Crippen LogP contribution in [0.1, 0.15) is 26.2 Å². The minimum atomic E-state index is -0.0277. The molecule has 0 radical (unpaired) electrons. The van der Waals surface area contributed by atoms with Crippen LogP contribution in [0.25, 0.3) is 0 Å². The van der Waals surface area contributed by atoms with E-state index in [1.807, 2.05) is 29.2 Å². The Morgan fingerprint density at radius 3 is 2.78 bits per heavy atom. The van der Waals surface area contributed by atoms with Crippen molar-refractivity contribution < 1.29 is 9.53 Å². The molecule has 1 saturated heterocycles. The van der Waals surface area contributed by atoms with Crippen LogP contribution in [0.5, 0.6) is 5.75 Å². The molecular formula is C14H20N2O2. The van der Waals surface area contributed by atoms with E-state index >= 15 is 0 Å². The van der Waals surface area contributed by atoms with E-state index in [9.17, 15) is 4.79 Å². The molecule has 1 aromatic rings. The van der Waals surface area contributed by atoms with Crippen molar-refractivity contribution in [1.82, 2.24) is 4.90 Å². The van der Waals surface area contributed by atoms with E-state index in [1.54, 1.807) is 0 Å². The van der Waals surface area contributed by atoms with Crippen molar-refractivity contribution in [2.75, 3.05) is 25.0 Å². The predicted octanol–water partition coefficient (Wildman–Crippen LogP) is 3.10. The quantitative estimate of drug-likeness (QED) is 0.889. The zero-order chi connectivity index (χ0) is 12.8. The Labute approximate surface area is 108 Å². The lowest BCUT2D eigenvalue weighted by molar-refractivity contribution is 0.222. The van der Waals surface area contributed by atoms with Crippen LogP contribution in [-0.2, 0) is 0 Å². The number of para-hydroxylation sites is 2. The van der Waals surface area contributed by atoms with Gasteiger partial charge in [-0.3, -0.25) is 0 Å². The van der Waals surface area contributed by atoms with Gasteiger partial charge < -0.3 is 15.0 Å². The number of amides is 2. The number of nitrogens with zero attached hydrogens (tertiary/aromatic N) is 1. The Kier molecular flexibility index (Phi) is 4.45. The Hall–Kier alpha value is -1.71. The molecule has 4 heteroatoms. The van der Waals surface area contributed by atoms with Gasteiger partial charge in [0.05, 0.1) is 12.3 Å². The lowest BCUT2D eigenvalue weighted by Crippen LogP contribution is -2.32. The van der Waals surface area contributed by atoms with E-state index in [4.69, 9.17) is 4.74 Å². The first kappa shape index (κ1) is 12.7. The van der Waals surface area contributed by atoms with Gasteiger partial charge in [0.2, 0.25) is 0 Å². The van der Waals surface area contributed by atoms with Gasteiger partial charge >= 0.3 is 6.03 Å². The summed E-state index contributed by atoms with van der Waals surface area (Å²) in [6, 6.07) is 7.54. The summed E-state index contributed by atoms with van der Waals surface area (Å²) in [5.74, 6) is 0.742. The summed E-state index contributed by atoms with van der Waals surface area (Å²) < 4.78 is 5.62. The normalized spacial score (nSPS) is 14.6. The molecule has 98 valence electrons. The third kappa shape index (κ3) is 3.15. The third-order valence-electron chi connectivity index (χ3n) is 2.98. The maximum atomic E-state index is 12.0. The van der Waals surface area contributed by atoms with E-state index in [1.165, 1.54) is 0 Å². The second-order valence-corrected chi connectivity index (χ2v) is 4.47. The van der Waals surface area contributed by atoms with Crippen molar-refractivity contribution in [2.45, 2.75) is 26.2 Å². The second kappa shape index (κ2) is 6.28. The first-order chi connectivity index (χ1) is 8.81. The number of rotatable bonds is 4. The Morgan fingerprint density at radius 1 is 1.33 bits per heavy atom. The fourth-order valence-corrected chi connectivity index (χ4v) is 2.02. The number of ether oxygens (including phenoxy) is 1. The van der Waals surface area contributed by atoms with Gasteiger partial charge in [0.15, 0.2) is 0 Å². The Morgan fingerprint density at radius 2 is 2.06 bits per heavy atom. The minimum Gasteiger partial charge on any atom is -0.491 e. The van der Waals surface area contributed by atoms with Crippen molar-refractivity contribution in [3.63, 3.8) is 0 Å². The second-order valence-electron chi connectivity index (χ2n) is 4.47. The molecule has 0 spiro atoms. The summed E-state index contributed by atoms with van der Waals surface area (Å²) in [7, 11) is 0. The monoisotopic (exact) mass is 248 g/mol. The molecule has 2 amide bonds. The summed E-state index contributed by atoms with van der Waals surface area (Å²) in [5.41, 5.74) is 0.753. The number of anilines is 1.